The standard InChI is InChI=1S/C12H17NO/c1-10-4-2-3-5-12(10)13-7-6-11(8-13)9-14/h2-5,11,14H,6-9H2,1H3. The van der Waals surface area contributed by atoms with Gasteiger partial charge >= 0.3 is 0 Å². The first-order chi connectivity index (χ1) is 6.81. The molecule has 2 nitrogen and oxygen atoms in total. The molecule has 0 bridgehead atoms. The molecule has 14 heavy (non-hydrogen) atoms. The Morgan fingerprint density at radius 3 is 2.86 bits per heavy atom. The molecule has 0 amide bonds. The number of anilines is 1. The quantitative estimate of drug-likeness (QED) is 0.770. The van der Waals surface area contributed by atoms with Crippen LogP contribution < -0.4 is 4.90 Å². The number of hydrogen-bond donors (Lipinski definition) is 1. The summed E-state index contributed by atoms with van der Waals surface area (Å²) in [5.41, 5.74) is 2.65. The third-order valence-electron chi connectivity index (χ3n) is 3.00. The van der Waals surface area contributed by atoms with Crippen LogP contribution in [0.2, 0.25) is 0 Å². The summed E-state index contributed by atoms with van der Waals surface area (Å²) in [6, 6.07) is 8.45. The van der Waals surface area contributed by atoms with Crippen LogP contribution in [-0.4, -0.2) is 24.8 Å². The molecule has 1 unspecified atom stereocenters. The third kappa shape index (κ3) is 1.75. The van der Waals surface area contributed by atoms with Crippen molar-refractivity contribution in [2.45, 2.75) is 13.3 Å². The second kappa shape index (κ2) is 4.01. The Bertz CT molecular complexity index is 311. The zero-order valence-electron chi connectivity index (χ0n) is 8.61. The minimum absolute atomic E-state index is 0.322. The van der Waals surface area contributed by atoms with Gasteiger partial charge in [0.05, 0.1) is 0 Å². The average Bonchev–Trinajstić information content (AvgIpc) is 2.67. The van der Waals surface area contributed by atoms with Gasteiger partial charge in [-0.3, -0.25) is 0 Å². The monoisotopic (exact) mass is 191 g/mol. The Hall–Kier alpha value is -1.02. The molecule has 1 aliphatic rings. The highest BCUT2D eigenvalue weighted by atomic mass is 16.3. The summed E-state index contributed by atoms with van der Waals surface area (Å²) in [5, 5.41) is 9.07. The van der Waals surface area contributed by atoms with Gasteiger partial charge in [0, 0.05) is 31.3 Å². The van der Waals surface area contributed by atoms with Crippen LogP contribution >= 0.6 is 0 Å². The highest BCUT2D eigenvalue weighted by molar-refractivity contribution is 5.53. The van der Waals surface area contributed by atoms with E-state index in [0.29, 0.717) is 12.5 Å². The highest BCUT2D eigenvalue weighted by Gasteiger charge is 2.22. The number of aryl methyl sites for hydroxylation is 1. The summed E-state index contributed by atoms with van der Waals surface area (Å²) in [6.45, 7) is 4.54. The van der Waals surface area contributed by atoms with Gasteiger partial charge in [0.15, 0.2) is 0 Å². The smallest absolute Gasteiger partial charge is 0.0476 e. The molecule has 1 N–H and O–H groups in total. The molecule has 1 fully saturated rings. The van der Waals surface area contributed by atoms with Crippen molar-refractivity contribution >= 4 is 5.69 Å². The van der Waals surface area contributed by atoms with E-state index in [-0.39, 0.29) is 0 Å². The third-order valence-corrected chi connectivity index (χ3v) is 3.00. The maximum absolute atomic E-state index is 9.07. The van der Waals surface area contributed by atoms with Crippen molar-refractivity contribution in [1.82, 2.24) is 0 Å². The van der Waals surface area contributed by atoms with E-state index in [1.54, 1.807) is 0 Å². The van der Waals surface area contributed by atoms with Crippen LogP contribution in [0.15, 0.2) is 24.3 Å². The van der Waals surface area contributed by atoms with Crippen LogP contribution in [0.25, 0.3) is 0 Å². The number of rotatable bonds is 2. The molecule has 2 heteroatoms. The van der Waals surface area contributed by atoms with E-state index in [1.165, 1.54) is 11.3 Å². The lowest BCUT2D eigenvalue weighted by molar-refractivity contribution is 0.238. The Kier molecular flexibility index (Phi) is 2.73. The summed E-state index contributed by atoms with van der Waals surface area (Å²) in [4.78, 5) is 2.37. The predicted molar refractivity (Wildman–Crippen MR) is 58.6 cm³/mol. The zero-order chi connectivity index (χ0) is 9.97. The number of nitrogens with zero attached hydrogens (tertiary/aromatic N) is 1. The van der Waals surface area contributed by atoms with Crippen molar-refractivity contribution in [3.63, 3.8) is 0 Å². The van der Waals surface area contributed by atoms with Crippen molar-refractivity contribution in [2.24, 2.45) is 5.92 Å². The lowest BCUT2D eigenvalue weighted by Gasteiger charge is -2.20. The van der Waals surface area contributed by atoms with E-state index in [2.05, 4.69) is 36.1 Å². The molecule has 1 aromatic rings. The van der Waals surface area contributed by atoms with Crippen LogP contribution in [0.3, 0.4) is 0 Å². The molecule has 2 rings (SSSR count). The van der Waals surface area contributed by atoms with Gasteiger partial charge < -0.3 is 10.0 Å². The molecular weight excluding hydrogens is 174 g/mol. The molecule has 0 radical (unpaired) electrons. The highest BCUT2D eigenvalue weighted by Crippen LogP contribution is 2.25. The number of hydrogen-bond acceptors (Lipinski definition) is 2. The molecule has 1 saturated heterocycles. The maximum Gasteiger partial charge on any atom is 0.0476 e. The van der Waals surface area contributed by atoms with Gasteiger partial charge in [-0.15, -0.1) is 0 Å². The fraction of sp³-hybridized carbons (Fsp3) is 0.500. The SMILES string of the molecule is Cc1ccccc1N1CCC(CO)C1. The number of para-hydroxylation sites is 1. The first kappa shape index (κ1) is 9.53. The van der Waals surface area contributed by atoms with Crippen molar-refractivity contribution in [3.8, 4) is 0 Å². The van der Waals surface area contributed by atoms with Gasteiger partial charge in [-0.1, -0.05) is 18.2 Å². The molecule has 0 aromatic heterocycles. The van der Waals surface area contributed by atoms with Crippen molar-refractivity contribution in [2.75, 3.05) is 24.6 Å². The van der Waals surface area contributed by atoms with Crippen LogP contribution in [0.5, 0.6) is 0 Å². The summed E-state index contributed by atoms with van der Waals surface area (Å²) >= 11 is 0. The molecule has 1 atom stereocenters. The van der Waals surface area contributed by atoms with Gasteiger partial charge in [0.1, 0.15) is 0 Å². The van der Waals surface area contributed by atoms with Crippen LogP contribution in [0.1, 0.15) is 12.0 Å². The Morgan fingerprint density at radius 1 is 1.43 bits per heavy atom. The summed E-state index contributed by atoms with van der Waals surface area (Å²) in [5.74, 6) is 0.467. The summed E-state index contributed by atoms with van der Waals surface area (Å²) in [7, 11) is 0. The first-order valence-corrected chi connectivity index (χ1v) is 5.22. The van der Waals surface area contributed by atoms with Crippen molar-refractivity contribution in [1.29, 1.82) is 0 Å². The molecule has 76 valence electrons. The first-order valence-electron chi connectivity index (χ1n) is 5.22. The predicted octanol–water partition coefficient (Wildman–Crippen LogP) is 1.81. The van der Waals surface area contributed by atoms with Gasteiger partial charge in [0.25, 0.3) is 0 Å². The van der Waals surface area contributed by atoms with Gasteiger partial charge in [-0.2, -0.15) is 0 Å². The van der Waals surface area contributed by atoms with E-state index in [1.807, 2.05) is 0 Å². The van der Waals surface area contributed by atoms with E-state index >= 15 is 0 Å². The van der Waals surface area contributed by atoms with Crippen molar-refractivity contribution < 1.29 is 5.11 Å². The Balaban J connectivity index is 2.13. The fourth-order valence-corrected chi connectivity index (χ4v) is 2.12. The second-order valence-corrected chi connectivity index (χ2v) is 4.07. The van der Waals surface area contributed by atoms with Crippen LogP contribution in [0.4, 0.5) is 5.69 Å². The molecule has 1 heterocycles. The molecule has 0 aliphatic carbocycles. The molecule has 1 aromatic carbocycles. The lowest BCUT2D eigenvalue weighted by atomic mass is 10.1. The Morgan fingerprint density at radius 2 is 2.21 bits per heavy atom. The van der Waals surface area contributed by atoms with E-state index < -0.39 is 0 Å². The van der Waals surface area contributed by atoms with Crippen LogP contribution in [-0.2, 0) is 0 Å². The minimum atomic E-state index is 0.322. The number of aliphatic hydroxyl groups excluding tert-OH is 1. The average molecular weight is 191 g/mol. The normalized spacial score (nSPS) is 21.6. The van der Waals surface area contributed by atoms with Gasteiger partial charge in [0.2, 0.25) is 0 Å². The Labute approximate surface area is 85.2 Å². The van der Waals surface area contributed by atoms with Gasteiger partial charge in [-0.25, -0.2) is 0 Å². The summed E-state index contributed by atoms with van der Waals surface area (Å²) < 4.78 is 0. The van der Waals surface area contributed by atoms with Crippen molar-refractivity contribution in [3.05, 3.63) is 29.8 Å². The maximum atomic E-state index is 9.07. The van der Waals surface area contributed by atoms with E-state index in [0.717, 1.165) is 19.5 Å². The molecule has 0 saturated carbocycles. The van der Waals surface area contributed by atoms with E-state index in [4.69, 9.17) is 5.11 Å². The zero-order valence-corrected chi connectivity index (χ0v) is 8.61. The largest absolute Gasteiger partial charge is 0.396 e. The topological polar surface area (TPSA) is 23.5 Å². The lowest BCUT2D eigenvalue weighted by Crippen LogP contribution is -2.21. The van der Waals surface area contributed by atoms with Gasteiger partial charge in [-0.05, 0) is 25.0 Å². The number of aliphatic hydroxyl groups is 1. The number of benzene rings is 1. The second-order valence-electron chi connectivity index (χ2n) is 4.07. The molecule has 0 spiro atoms. The molecular formula is C12H17NO. The van der Waals surface area contributed by atoms with Crippen LogP contribution in [0, 0.1) is 12.8 Å². The summed E-state index contributed by atoms with van der Waals surface area (Å²) in [6.07, 6.45) is 1.12. The fourth-order valence-electron chi connectivity index (χ4n) is 2.12. The van der Waals surface area contributed by atoms with E-state index in [9.17, 15) is 0 Å². The minimum Gasteiger partial charge on any atom is -0.396 e. The molecule has 1 aliphatic heterocycles.